The molecule has 1 fully saturated rings. The smallest absolute Gasteiger partial charge is 0.418 e. The van der Waals surface area contributed by atoms with Gasteiger partial charge in [-0.3, -0.25) is 14.5 Å². The van der Waals surface area contributed by atoms with Gasteiger partial charge in [0.15, 0.2) is 0 Å². The molecule has 0 atom stereocenters. The first-order chi connectivity index (χ1) is 11.8. The number of hydrogen-bond acceptors (Lipinski definition) is 4. The van der Waals surface area contributed by atoms with Crippen molar-refractivity contribution >= 4 is 17.6 Å². The van der Waals surface area contributed by atoms with Crippen molar-refractivity contribution in [1.82, 2.24) is 4.90 Å². The predicted octanol–water partition coefficient (Wildman–Crippen LogP) is 2.92. The summed E-state index contributed by atoms with van der Waals surface area (Å²) in [7, 11) is 0. The molecule has 1 aromatic rings. The molecule has 8 heteroatoms. The van der Waals surface area contributed by atoms with Crippen LogP contribution in [0.5, 0.6) is 0 Å². The third-order valence-electron chi connectivity index (χ3n) is 3.75. The average Bonchev–Trinajstić information content (AvgIpc) is 3.30. The molecular weight excluding hydrogens is 337 g/mol. The van der Waals surface area contributed by atoms with E-state index in [0.717, 1.165) is 18.9 Å². The molecule has 0 heterocycles. The second-order valence-electron chi connectivity index (χ2n) is 6.01. The van der Waals surface area contributed by atoms with Crippen LogP contribution in [0.4, 0.5) is 18.9 Å². The van der Waals surface area contributed by atoms with E-state index in [4.69, 9.17) is 4.74 Å². The van der Waals surface area contributed by atoms with Gasteiger partial charge in [0.25, 0.3) is 0 Å². The molecule has 0 aromatic heterocycles. The van der Waals surface area contributed by atoms with Gasteiger partial charge in [-0.05, 0) is 37.8 Å². The van der Waals surface area contributed by atoms with Crippen LogP contribution in [0.1, 0.15) is 25.3 Å². The minimum absolute atomic E-state index is 0.0569. The van der Waals surface area contributed by atoms with Crippen molar-refractivity contribution in [2.24, 2.45) is 5.92 Å². The molecule has 0 unspecified atom stereocenters. The Hall–Kier alpha value is -2.09. The normalized spacial score (nSPS) is 14.4. The Morgan fingerprint density at radius 1 is 1.24 bits per heavy atom. The largest absolute Gasteiger partial charge is 0.465 e. The van der Waals surface area contributed by atoms with Gasteiger partial charge in [0.05, 0.1) is 30.9 Å². The van der Waals surface area contributed by atoms with Crippen molar-refractivity contribution in [2.75, 3.05) is 31.6 Å². The molecule has 0 aliphatic heterocycles. The standard InChI is InChI=1S/C17H21F3N2O3/c1-2-25-16(24)11-22(9-12-7-8-12)10-15(23)21-14-6-4-3-5-13(14)17(18,19)20/h3-6,12H,2,7-11H2,1H3,(H,21,23). The monoisotopic (exact) mass is 358 g/mol. The fraction of sp³-hybridized carbons (Fsp3) is 0.529. The highest BCUT2D eigenvalue weighted by Crippen LogP contribution is 2.34. The van der Waals surface area contributed by atoms with Gasteiger partial charge in [0.1, 0.15) is 0 Å². The van der Waals surface area contributed by atoms with E-state index in [9.17, 15) is 22.8 Å². The Balaban J connectivity index is 2.00. The number of nitrogens with zero attached hydrogens (tertiary/aromatic N) is 1. The lowest BCUT2D eigenvalue weighted by atomic mass is 10.1. The molecule has 1 N–H and O–H groups in total. The molecule has 0 bridgehead atoms. The van der Waals surface area contributed by atoms with Crippen LogP contribution in [0.25, 0.3) is 0 Å². The summed E-state index contributed by atoms with van der Waals surface area (Å²) in [5, 5.41) is 2.29. The number of esters is 1. The average molecular weight is 358 g/mol. The summed E-state index contributed by atoms with van der Waals surface area (Å²) < 4.78 is 43.8. The van der Waals surface area contributed by atoms with Gasteiger partial charge in [0.2, 0.25) is 5.91 Å². The van der Waals surface area contributed by atoms with Gasteiger partial charge in [-0.1, -0.05) is 12.1 Å². The van der Waals surface area contributed by atoms with Crippen LogP contribution in [-0.2, 0) is 20.5 Å². The van der Waals surface area contributed by atoms with Gasteiger partial charge in [-0.15, -0.1) is 0 Å². The van der Waals surface area contributed by atoms with E-state index >= 15 is 0 Å². The Kier molecular flexibility index (Phi) is 6.41. The highest BCUT2D eigenvalue weighted by molar-refractivity contribution is 5.93. The highest BCUT2D eigenvalue weighted by atomic mass is 19.4. The van der Waals surface area contributed by atoms with Crippen LogP contribution in [-0.4, -0.2) is 43.0 Å². The SMILES string of the molecule is CCOC(=O)CN(CC(=O)Nc1ccccc1C(F)(F)F)CC1CC1. The van der Waals surface area contributed by atoms with Crippen molar-refractivity contribution in [3.05, 3.63) is 29.8 Å². The van der Waals surface area contributed by atoms with E-state index in [1.165, 1.54) is 18.2 Å². The number of benzene rings is 1. The molecule has 5 nitrogen and oxygen atoms in total. The minimum Gasteiger partial charge on any atom is -0.465 e. The molecule has 1 aromatic carbocycles. The maximum Gasteiger partial charge on any atom is 0.418 e. The summed E-state index contributed by atoms with van der Waals surface area (Å²) in [6.45, 7) is 2.25. The van der Waals surface area contributed by atoms with E-state index in [1.54, 1.807) is 11.8 Å². The zero-order valence-corrected chi connectivity index (χ0v) is 13.9. The lowest BCUT2D eigenvalue weighted by Crippen LogP contribution is -2.39. The van der Waals surface area contributed by atoms with Crippen LogP contribution in [0.2, 0.25) is 0 Å². The first-order valence-corrected chi connectivity index (χ1v) is 8.13. The third kappa shape index (κ3) is 6.38. The molecule has 2 rings (SSSR count). The van der Waals surface area contributed by atoms with Crippen molar-refractivity contribution in [3.8, 4) is 0 Å². The van der Waals surface area contributed by atoms with Gasteiger partial charge >= 0.3 is 12.1 Å². The third-order valence-corrected chi connectivity index (χ3v) is 3.75. The van der Waals surface area contributed by atoms with E-state index < -0.39 is 23.6 Å². The molecular formula is C17H21F3N2O3. The number of para-hydroxylation sites is 1. The number of carbonyl (C=O) groups is 2. The predicted molar refractivity (Wildman–Crippen MR) is 85.9 cm³/mol. The maximum atomic E-state index is 13.0. The molecule has 0 spiro atoms. The summed E-state index contributed by atoms with van der Waals surface area (Å²) in [6.07, 6.45) is -2.50. The fourth-order valence-electron chi connectivity index (χ4n) is 2.47. The van der Waals surface area contributed by atoms with E-state index in [-0.39, 0.29) is 25.4 Å². The van der Waals surface area contributed by atoms with Crippen molar-refractivity contribution in [3.63, 3.8) is 0 Å². The first kappa shape index (κ1) is 19.2. The van der Waals surface area contributed by atoms with Crippen LogP contribution < -0.4 is 5.32 Å². The summed E-state index contributed by atoms with van der Waals surface area (Å²) >= 11 is 0. The summed E-state index contributed by atoms with van der Waals surface area (Å²) in [5.41, 5.74) is -1.19. The molecule has 0 radical (unpaired) electrons. The van der Waals surface area contributed by atoms with Crippen LogP contribution in [0.15, 0.2) is 24.3 Å². The lowest BCUT2D eigenvalue weighted by Gasteiger charge is -2.21. The quantitative estimate of drug-likeness (QED) is 0.726. The molecule has 1 aliphatic rings. The summed E-state index contributed by atoms with van der Waals surface area (Å²) in [6, 6.07) is 4.80. The summed E-state index contributed by atoms with van der Waals surface area (Å²) in [5.74, 6) is -0.627. The molecule has 1 amide bonds. The number of ether oxygens (including phenoxy) is 1. The highest BCUT2D eigenvalue weighted by Gasteiger charge is 2.34. The van der Waals surface area contributed by atoms with E-state index in [1.807, 2.05) is 0 Å². The number of anilines is 1. The molecule has 138 valence electrons. The zero-order valence-electron chi connectivity index (χ0n) is 13.9. The number of alkyl halides is 3. The Morgan fingerprint density at radius 2 is 1.92 bits per heavy atom. The Bertz CT molecular complexity index is 615. The van der Waals surface area contributed by atoms with E-state index in [0.29, 0.717) is 12.5 Å². The Morgan fingerprint density at radius 3 is 2.52 bits per heavy atom. The second-order valence-corrected chi connectivity index (χ2v) is 6.01. The lowest BCUT2D eigenvalue weighted by molar-refractivity contribution is -0.144. The second kappa shape index (κ2) is 8.33. The molecule has 1 saturated carbocycles. The number of rotatable bonds is 8. The topological polar surface area (TPSA) is 58.6 Å². The molecule has 25 heavy (non-hydrogen) atoms. The van der Waals surface area contributed by atoms with E-state index in [2.05, 4.69) is 5.32 Å². The summed E-state index contributed by atoms with van der Waals surface area (Å²) in [4.78, 5) is 25.4. The van der Waals surface area contributed by atoms with Gasteiger partial charge < -0.3 is 10.1 Å². The fourth-order valence-corrected chi connectivity index (χ4v) is 2.47. The molecule has 0 saturated heterocycles. The van der Waals surface area contributed by atoms with Gasteiger partial charge in [-0.2, -0.15) is 13.2 Å². The van der Waals surface area contributed by atoms with Crippen LogP contribution in [0.3, 0.4) is 0 Å². The van der Waals surface area contributed by atoms with Crippen molar-refractivity contribution < 1.29 is 27.5 Å². The van der Waals surface area contributed by atoms with Crippen molar-refractivity contribution in [1.29, 1.82) is 0 Å². The molecule has 1 aliphatic carbocycles. The number of nitrogens with one attached hydrogen (secondary N) is 1. The minimum atomic E-state index is -4.55. The maximum absolute atomic E-state index is 13.0. The zero-order chi connectivity index (χ0) is 18.4. The van der Waals surface area contributed by atoms with Crippen molar-refractivity contribution in [2.45, 2.75) is 25.9 Å². The number of carbonyl (C=O) groups excluding carboxylic acids is 2. The first-order valence-electron chi connectivity index (χ1n) is 8.13. The van der Waals surface area contributed by atoms with Gasteiger partial charge in [0, 0.05) is 6.54 Å². The van der Waals surface area contributed by atoms with Gasteiger partial charge in [-0.25, -0.2) is 0 Å². The van der Waals surface area contributed by atoms with Crippen LogP contribution in [0, 0.1) is 5.92 Å². The number of hydrogen-bond donors (Lipinski definition) is 1. The Labute approximate surface area is 144 Å². The van der Waals surface area contributed by atoms with Crippen LogP contribution >= 0.6 is 0 Å². The number of halogens is 3. The number of amides is 1.